The number of aromatic amines is 1. The molecule has 0 radical (unpaired) electrons. The number of benzene rings is 2. The number of rotatable bonds is 4. The summed E-state index contributed by atoms with van der Waals surface area (Å²) < 4.78 is 1.17. The maximum absolute atomic E-state index is 12.6. The SMILES string of the molecule is Cc1c(C(=O)CSc2nc3ccccc3[nH]2)[n+](=O)c2ccccc2n1[O-]. The second-order valence-corrected chi connectivity index (χ2v) is 6.75. The number of hydrogen-bond donors (Lipinski definition) is 1. The summed E-state index contributed by atoms with van der Waals surface area (Å²) in [6.07, 6.45) is 0. The summed E-state index contributed by atoms with van der Waals surface area (Å²) in [5, 5.41) is 13.0. The number of carbonyl (C=O) groups is 1. The van der Waals surface area contributed by atoms with Gasteiger partial charge in [0.25, 0.3) is 5.52 Å². The quantitative estimate of drug-likeness (QED) is 0.340. The molecule has 0 saturated carbocycles. The van der Waals surface area contributed by atoms with Crippen molar-refractivity contribution in [3.05, 3.63) is 70.0 Å². The molecule has 0 unspecified atom stereocenters. The lowest BCUT2D eigenvalue weighted by Gasteiger charge is -2.15. The minimum atomic E-state index is -0.418. The molecule has 0 aliphatic heterocycles. The summed E-state index contributed by atoms with van der Waals surface area (Å²) >= 11 is 1.20. The van der Waals surface area contributed by atoms with Crippen LogP contribution in [0.25, 0.3) is 22.1 Å². The first-order valence-electron chi connectivity index (χ1n) is 7.91. The number of aromatic nitrogens is 4. The molecule has 0 spiro atoms. The van der Waals surface area contributed by atoms with Gasteiger partial charge in [-0.2, -0.15) is 0 Å². The molecular weight excluding hydrogens is 352 g/mol. The van der Waals surface area contributed by atoms with Crippen molar-refractivity contribution in [2.24, 2.45) is 0 Å². The summed E-state index contributed by atoms with van der Waals surface area (Å²) in [4.78, 5) is 32.8. The standard InChI is InChI=1S/C18H14N4O3S/c1-11-17(22(25)15-9-5-4-8-14(15)21(11)24)16(23)10-26-18-19-12-6-2-3-7-13(12)20-18/h2-9H,10H2,1H3,(H,19,20). The number of carbonyl (C=O) groups excluding carboxylic acids is 1. The predicted molar refractivity (Wildman–Crippen MR) is 100.0 cm³/mol. The molecule has 0 bridgehead atoms. The Morgan fingerprint density at radius 1 is 1.23 bits per heavy atom. The lowest BCUT2D eigenvalue weighted by atomic mass is 10.2. The number of fused-ring (bicyclic) bond motifs is 2. The number of hydrogen-bond acceptors (Lipinski definition) is 5. The van der Waals surface area contributed by atoms with E-state index in [0.717, 1.165) is 11.0 Å². The van der Waals surface area contributed by atoms with Crippen LogP contribution in [0.2, 0.25) is 0 Å². The number of para-hydroxylation sites is 4. The molecule has 0 atom stereocenters. The Kier molecular flexibility index (Phi) is 3.96. The fourth-order valence-electron chi connectivity index (χ4n) is 2.87. The summed E-state index contributed by atoms with van der Waals surface area (Å²) in [5.41, 5.74) is 2.05. The van der Waals surface area contributed by atoms with Gasteiger partial charge in [-0.25, -0.2) is 4.98 Å². The lowest BCUT2D eigenvalue weighted by Crippen LogP contribution is -2.31. The van der Waals surface area contributed by atoms with Gasteiger partial charge < -0.3 is 14.9 Å². The van der Waals surface area contributed by atoms with Crippen molar-refractivity contribution in [3.63, 3.8) is 0 Å². The van der Waals surface area contributed by atoms with Crippen molar-refractivity contribution in [1.29, 1.82) is 0 Å². The van der Waals surface area contributed by atoms with Gasteiger partial charge in [0.2, 0.25) is 5.78 Å². The van der Waals surface area contributed by atoms with Crippen LogP contribution in [0.5, 0.6) is 0 Å². The van der Waals surface area contributed by atoms with Crippen LogP contribution < -0.4 is 4.43 Å². The van der Waals surface area contributed by atoms with E-state index < -0.39 is 5.78 Å². The molecule has 0 aliphatic carbocycles. The smallest absolute Gasteiger partial charge is 0.325 e. The number of nitrogens with one attached hydrogen (secondary N) is 1. The van der Waals surface area contributed by atoms with Crippen LogP contribution in [-0.4, -0.2) is 26.2 Å². The van der Waals surface area contributed by atoms with Crippen LogP contribution in [0.15, 0.2) is 53.7 Å². The molecule has 0 saturated heterocycles. The summed E-state index contributed by atoms with van der Waals surface area (Å²) in [6.45, 7) is 1.48. The van der Waals surface area contributed by atoms with E-state index in [0.29, 0.717) is 14.3 Å². The normalized spacial score (nSPS) is 11.3. The fourth-order valence-corrected chi connectivity index (χ4v) is 3.62. The van der Waals surface area contributed by atoms with Crippen molar-refractivity contribution < 1.29 is 9.22 Å². The topological polar surface area (TPSA) is 96.7 Å². The molecule has 2 heterocycles. The highest BCUT2D eigenvalue weighted by Crippen LogP contribution is 2.21. The summed E-state index contributed by atoms with van der Waals surface area (Å²) in [7, 11) is 0. The Labute approximate surface area is 151 Å². The zero-order valence-electron chi connectivity index (χ0n) is 13.8. The van der Waals surface area contributed by atoms with Gasteiger partial charge in [-0.15, -0.1) is 0 Å². The summed E-state index contributed by atoms with van der Waals surface area (Å²) in [5.74, 6) is -0.417. The molecule has 2 aromatic carbocycles. The van der Waals surface area contributed by atoms with Crippen LogP contribution in [0.3, 0.4) is 0 Å². The van der Waals surface area contributed by atoms with Crippen LogP contribution in [-0.2, 0) is 0 Å². The molecule has 1 N–H and O–H groups in total. The average Bonchev–Trinajstić information content (AvgIpc) is 3.08. The highest BCUT2D eigenvalue weighted by molar-refractivity contribution is 7.99. The first-order valence-corrected chi connectivity index (χ1v) is 8.90. The maximum Gasteiger partial charge on any atom is 0.325 e. The van der Waals surface area contributed by atoms with Gasteiger partial charge in [0.15, 0.2) is 5.16 Å². The van der Waals surface area contributed by atoms with Gasteiger partial charge in [-0.1, -0.05) is 36.0 Å². The van der Waals surface area contributed by atoms with E-state index in [9.17, 15) is 14.9 Å². The first kappa shape index (κ1) is 16.3. The second kappa shape index (κ2) is 6.30. The number of H-pyrrole nitrogens is 1. The van der Waals surface area contributed by atoms with E-state index in [2.05, 4.69) is 9.97 Å². The van der Waals surface area contributed by atoms with E-state index in [1.54, 1.807) is 18.2 Å². The highest BCUT2D eigenvalue weighted by Gasteiger charge is 2.26. The van der Waals surface area contributed by atoms with Crippen molar-refractivity contribution in [1.82, 2.24) is 14.7 Å². The average molecular weight is 366 g/mol. The largest absolute Gasteiger partial charge is 0.805 e. The van der Waals surface area contributed by atoms with Crippen LogP contribution in [0, 0.1) is 17.0 Å². The molecule has 2 aromatic heterocycles. The Hall–Kier alpha value is -3.13. The van der Waals surface area contributed by atoms with Crippen LogP contribution in [0.1, 0.15) is 16.2 Å². The predicted octanol–water partition coefficient (Wildman–Crippen LogP) is 3.06. The van der Waals surface area contributed by atoms with Gasteiger partial charge in [0.1, 0.15) is 5.52 Å². The molecule has 4 rings (SSSR count). The van der Waals surface area contributed by atoms with Gasteiger partial charge in [0.05, 0.1) is 26.9 Å². The second-order valence-electron chi connectivity index (χ2n) is 5.78. The van der Waals surface area contributed by atoms with Crippen LogP contribution in [0.4, 0.5) is 0 Å². The molecule has 0 fully saturated rings. The Morgan fingerprint density at radius 2 is 1.96 bits per heavy atom. The Balaban J connectivity index is 1.67. The third-order valence-corrected chi connectivity index (χ3v) is 5.01. The monoisotopic (exact) mass is 366 g/mol. The molecule has 0 amide bonds. The molecule has 130 valence electrons. The van der Waals surface area contributed by atoms with E-state index in [1.165, 1.54) is 24.8 Å². The first-order chi connectivity index (χ1) is 12.6. The summed E-state index contributed by atoms with van der Waals surface area (Å²) in [6, 6.07) is 14.0. The van der Waals surface area contributed by atoms with Gasteiger partial charge >= 0.3 is 5.69 Å². The molecule has 7 nitrogen and oxygen atoms in total. The number of Topliss-reactive ketones (excluding diaryl/α,β-unsaturated/α-hetero) is 1. The van der Waals surface area contributed by atoms with Crippen LogP contribution >= 0.6 is 11.8 Å². The lowest BCUT2D eigenvalue weighted by molar-refractivity contribution is -0.468. The number of thioether (sulfide) groups is 1. The third-order valence-electron chi connectivity index (χ3n) is 4.14. The zero-order valence-corrected chi connectivity index (χ0v) is 14.6. The van der Waals surface area contributed by atoms with Crippen molar-refractivity contribution >= 4 is 39.6 Å². The van der Waals surface area contributed by atoms with Gasteiger partial charge in [-0.05, 0) is 25.1 Å². The minimum absolute atomic E-state index is 0.00123. The molecule has 26 heavy (non-hydrogen) atoms. The van der Waals surface area contributed by atoms with Crippen molar-refractivity contribution in [2.45, 2.75) is 12.1 Å². The molecular formula is C18H14N4O3S. The Morgan fingerprint density at radius 3 is 2.77 bits per heavy atom. The minimum Gasteiger partial charge on any atom is -0.805 e. The number of ketones is 1. The van der Waals surface area contributed by atoms with Crippen molar-refractivity contribution in [3.8, 4) is 0 Å². The van der Waals surface area contributed by atoms with E-state index >= 15 is 0 Å². The number of nitrogens with zero attached hydrogens (tertiary/aromatic N) is 3. The molecule has 0 aliphatic rings. The van der Waals surface area contributed by atoms with E-state index in [-0.39, 0.29) is 28.2 Å². The van der Waals surface area contributed by atoms with Gasteiger partial charge in [-0.3, -0.25) is 4.79 Å². The molecule has 8 heteroatoms. The zero-order chi connectivity index (χ0) is 18.3. The fraction of sp³-hybridized carbons (Fsp3) is 0.111. The maximum atomic E-state index is 12.6. The third kappa shape index (κ3) is 2.64. The van der Waals surface area contributed by atoms with E-state index in [1.807, 2.05) is 24.3 Å². The van der Waals surface area contributed by atoms with E-state index in [4.69, 9.17) is 0 Å². The highest BCUT2D eigenvalue weighted by atomic mass is 32.2. The van der Waals surface area contributed by atoms with Gasteiger partial charge in [0, 0.05) is 11.0 Å². The number of imidazole rings is 1. The molecule has 4 aromatic rings. The Bertz CT molecular complexity index is 1180. The van der Waals surface area contributed by atoms with Crippen molar-refractivity contribution in [2.75, 3.05) is 5.75 Å².